The summed E-state index contributed by atoms with van der Waals surface area (Å²) < 4.78 is 0. The molecule has 0 spiro atoms. The number of aryl methyl sites for hydroxylation is 1. The molecule has 0 aliphatic rings. The van der Waals surface area contributed by atoms with Gasteiger partial charge < -0.3 is 16.0 Å². The standard InChI is InChI=1S/C20H29N5OS/c1-4-21-20(23-14-15(2)13-17-8-6-12-27-17)22-11-10-19(26)25-18-9-5-7-16(3)24-18/h5-9,12,15H,4,10-11,13-14H2,1-3H3,(H2,21,22,23)(H,24,25,26). The van der Waals surface area contributed by atoms with E-state index in [0.717, 1.165) is 31.2 Å². The van der Waals surface area contributed by atoms with Crippen LogP contribution in [0.15, 0.2) is 40.7 Å². The van der Waals surface area contributed by atoms with E-state index in [9.17, 15) is 4.79 Å². The molecule has 27 heavy (non-hydrogen) atoms. The van der Waals surface area contributed by atoms with Gasteiger partial charge >= 0.3 is 0 Å². The molecule has 1 atom stereocenters. The largest absolute Gasteiger partial charge is 0.357 e. The van der Waals surface area contributed by atoms with Gasteiger partial charge in [-0.25, -0.2) is 4.98 Å². The summed E-state index contributed by atoms with van der Waals surface area (Å²) in [7, 11) is 0. The van der Waals surface area contributed by atoms with Crippen LogP contribution in [-0.2, 0) is 11.2 Å². The van der Waals surface area contributed by atoms with Gasteiger partial charge in [0.15, 0.2) is 5.96 Å². The number of aliphatic imine (C=N–C) groups is 1. The van der Waals surface area contributed by atoms with E-state index in [0.29, 0.717) is 24.7 Å². The second kappa shape index (κ2) is 11.3. The first-order valence-corrected chi connectivity index (χ1v) is 10.2. The number of carbonyl (C=O) groups is 1. The first kappa shape index (κ1) is 20.9. The number of nitrogens with one attached hydrogen (secondary N) is 3. The normalized spacial score (nSPS) is 12.5. The van der Waals surface area contributed by atoms with Crippen LogP contribution >= 0.6 is 11.3 Å². The molecule has 2 heterocycles. The number of nitrogens with zero attached hydrogens (tertiary/aromatic N) is 2. The number of amides is 1. The van der Waals surface area contributed by atoms with Crippen molar-refractivity contribution < 1.29 is 4.79 Å². The molecule has 2 aromatic rings. The van der Waals surface area contributed by atoms with Gasteiger partial charge in [0.2, 0.25) is 5.91 Å². The van der Waals surface area contributed by atoms with E-state index < -0.39 is 0 Å². The third-order valence-electron chi connectivity index (χ3n) is 3.84. The lowest BCUT2D eigenvalue weighted by Gasteiger charge is -2.13. The number of hydrogen-bond donors (Lipinski definition) is 3. The molecule has 1 unspecified atom stereocenters. The molecule has 0 aliphatic heterocycles. The van der Waals surface area contributed by atoms with E-state index in [2.05, 4.69) is 50.4 Å². The van der Waals surface area contributed by atoms with Crippen LogP contribution in [0.2, 0.25) is 0 Å². The van der Waals surface area contributed by atoms with Gasteiger partial charge in [-0.05, 0) is 49.8 Å². The van der Waals surface area contributed by atoms with Crippen LogP contribution in [0.3, 0.4) is 0 Å². The predicted octanol–water partition coefficient (Wildman–Crippen LogP) is 3.21. The minimum Gasteiger partial charge on any atom is -0.357 e. The van der Waals surface area contributed by atoms with E-state index in [1.807, 2.05) is 26.0 Å². The molecule has 0 saturated heterocycles. The second-order valence-electron chi connectivity index (χ2n) is 6.50. The van der Waals surface area contributed by atoms with Crippen molar-refractivity contribution in [3.8, 4) is 0 Å². The topological polar surface area (TPSA) is 78.4 Å². The zero-order valence-corrected chi connectivity index (χ0v) is 17.1. The molecule has 146 valence electrons. The Kier molecular flexibility index (Phi) is 8.77. The van der Waals surface area contributed by atoms with Crippen molar-refractivity contribution in [2.24, 2.45) is 10.9 Å². The lowest BCUT2D eigenvalue weighted by Crippen LogP contribution is -2.39. The SMILES string of the molecule is CCNC(=NCC(C)Cc1cccs1)NCCC(=O)Nc1cccc(C)n1. The summed E-state index contributed by atoms with van der Waals surface area (Å²) >= 11 is 1.79. The van der Waals surface area contributed by atoms with Crippen molar-refractivity contribution in [3.63, 3.8) is 0 Å². The third kappa shape index (κ3) is 8.21. The van der Waals surface area contributed by atoms with Crippen molar-refractivity contribution >= 4 is 29.0 Å². The summed E-state index contributed by atoms with van der Waals surface area (Å²) in [6, 6.07) is 9.81. The smallest absolute Gasteiger partial charge is 0.227 e. The zero-order valence-electron chi connectivity index (χ0n) is 16.3. The maximum atomic E-state index is 12.1. The highest BCUT2D eigenvalue weighted by atomic mass is 32.1. The number of hydrogen-bond acceptors (Lipinski definition) is 4. The molecule has 0 aromatic carbocycles. The van der Waals surface area contributed by atoms with Gasteiger partial charge in [-0.15, -0.1) is 11.3 Å². The fourth-order valence-corrected chi connectivity index (χ4v) is 3.41. The van der Waals surface area contributed by atoms with Gasteiger partial charge in [-0.2, -0.15) is 0 Å². The first-order valence-electron chi connectivity index (χ1n) is 9.35. The minimum absolute atomic E-state index is 0.0671. The Hall–Kier alpha value is -2.41. The van der Waals surface area contributed by atoms with Crippen molar-refractivity contribution in [2.45, 2.75) is 33.6 Å². The number of anilines is 1. The van der Waals surface area contributed by atoms with E-state index in [1.165, 1.54) is 4.88 Å². The average molecular weight is 388 g/mol. The summed E-state index contributed by atoms with van der Waals surface area (Å²) in [5.74, 6) is 1.73. The Labute approximate surface area is 165 Å². The van der Waals surface area contributed by atoms with Crippen LogP contribution in [0.5, 0.6) is 0 Å². The summed E-state index contributed by atoms with van der Waals surface area (Å²) in [5.41, 5.74) is 0.879. The zero-order chi connectivity index (χ0) is 19.5. The second-order valence-corrected chi connectivity index (χ2v) is 7.53. The third-order valence-corrected chi connectivity index (χ3v) is 4.73. The fourth-order valence-electron chi connectivity index (χ4n) is 2.54. The van der Waals surface area contributed by atoms with Gasteiger partial charge in [-0.1, -0.05) is 19.1 Å². The van der Waals surface area contributed by atoms with Crippen LogP contribution in [0.4, 0.5) is 5.82 Å². The van der Waals surface area contributed by atoms with E-state index >= 15 is 0 Å². The molecule has 2 aromatic heterocycles. The predicted molar refractivity (Wildman–Crippen MR) is 113 cm³/mol. The Morgan fingerprint density at radius 2 is 2.11 bits per heavy atom. The van der Waals surface area contributed by atoms with Crippen molar-refractivity contribution in [1.29, 1.82) is 0 Å². The summed E-state index contributed by atoms with van der Waals surface area (Å²) in [4.78, 5) is 22.4. The molecule has 7 heteroatoms. The molecule has 0 bridgehead atoms. The van der Waals surface area contributed by atoms with Crippen LogP contribution in [0, 0.1) is 12.8 Å². The fraction of sp³-hybridized carbons (Fsp3) is 0.450. The van der Waals surface area contributed by atoms with Crippen molar-refractivity contribution in [2.75, 3.05) is 25.0 Å². The molecule has 3 N–H and O–H groups in total. The number of guanidine groups is 1. The maximum Gasteiger partial charge on any atom is 0.227 e. The van der Waals surface area contributed by atoms with E-state index in [1.54, 1.807) is 17.4 Å². The van der Waals surface area contributed by atoms with Gasteiger partial charge in [-0.3, -0.25) is 9.79 Å². The number of carbonyl (C=O) groups excluding carboxylic acids is 1. The first-order chi connectivity index (χ1) is 13.1. The minimum atomic E-state index is -0.0671. The lowest BCUT2D eigenvalue weighted by molar-refractivity contribution is -0.116. The molecular formula is C20H29N5OS. The molecular weight excluding hydrogens is 358 g/mol. The monoisotopic (exact) mass is 387 g/mol. The van der Waals surface area contributed by atoms with Gasteiger partial charge in [0.05, 0.1) is 0 Å². The van der Waals surface area contributed by atoms with Gasteiger partial charge in [0.25, 0.3) is 0 Å². The Balaban J connectivity index is 1.75. The molecule has 6 nitrogen and oxygen atoms in total. The van der Waals surface area contributed by atoms with Gasteiger partial charge in [0, 0.05) is 36.6 Å². The highest BCUT2D eigenvalue weighted by Gasteiger charge is 2.07. The Morgan fingerprint density at radius 1 is 1.26 bits per heavy atom. The molecule has 2 rings (SSSR count). The van der Waals surface area contributed by atoms with Crippen LogP contribution in [0.25, 0.3) is 0 Å². The van der Waals surface area contributed by atoms with Crippen LogP contribution < -0.4 is 16.0 Å². The van der Waals surface area contributed by atoms with E-state index in [-0.39, 0.29) is 5.91 Å². The molecule has 1 amide bonds. The van der Waals surface area contributed by atoms with Crippen molar-refractivity contribution in [1.82, 2.24) is 15.6 Å². The lowest BCUT2D eigenvalue weighted by atomic mass is 10.1. The Bertz CT molecular complexity index is 730. The van der Waals surface area contributed by atoms with Crippen LogP contribution in [0.1, 0.15) is 30.8 Å². The maximum absolute atomic E-state index is 12.1. The van der Waals surface area contributed by atoms with Crippen molar-refractivity contribution in [3.05, 3.63) is 46.3 Å². The number of thiophene rings is 1. The average Bonchev–Trinajstić information content (AvgIpc) is 3.12. The molecule has 0 radical (unpaired) electrons. The van der Waals surface area contributed by atoms with Gasteiger partial charge in [0.1, 0.15) is 5.82 Å². The number of pyridine rings is 1. The summed E-state index contributed by atoms with van der Waals surface area (Å²) in [6.45, 7) is 8.17. The van der Waals surface area contributed by atoms with Crippen LogP contribution in [-0.4, -0.2) is 36.5 Å². The summed E-state index contributed by atoms with van der Waals surface area (Å²) in [6.07, 6.45) is 1.39. The molecule has 0 saturated carbocycles. The molecule has 0 fully saturated rings. The number of aromatic nitrogens is 1. The Morgan fingerprint density at radius 3 is 2.81 bits per heavy atom. The highest BCUT2D eigenvalue weighted by Crippen LogP contribution is 2.14. The number of rotatable bonds is 9. The molecule has 0 aliphatic carbocycles. The summed E-state index contributed by atoms with van der Waals surface area (Å²) in [5, 5.41) is 11.4. The quantitative estimate of drug-likeness (QED) is 0.456. The van der Waals surface area contributed by atoms with E-state index in [4.69, 9.17) is 0 Å². The highest BCUT2D eigenvalue weighted by molar-refractivity contribution is 7.09.